The highest BCUT2D eigenvalue weighted by atomic mass is 16.5. The van der Waals surface area contributed by atoms with Gasteiger partial charge in [0.2, 0.25) is 5.95 Å². The average molecular weight is 362 g/mol. The molecule has 1 heterocycles. The van der Waals surface area contributed by atoms with Crippen molar-refractivity contribution < 1.29 is 9.53 Å². The number of ether oxygens (including phenoxy) is 1. The van der Waals surface area contributed by atoms with Gasteiger partial charge in [0, 0.05) is 30.2 Å². The molecule has 2 aromatic carbocycles. The van der Waals surface area contributed by atoms with E-state index in [9.17, 15) is 4.79 Å². The van der Waals surface area contributed by atoms with Crippen LogP contribution < -0.4 is 15.4 Å². The van der Waals surface area contributed by atoms with Crippen LogP contribution in [0.2, 0.25) is 0 Å². The van der Waals surface area contributed by atoms with Gasteiger partial charge in [0.25, 0.3) is 5.91 Å². The van der Waals surface area contributed by atoms with E-state index in [2.05, 4.69) is 33.6 Å². The molecule has 0 spiro atoms. The van der Waals surface area contributed by atoms with Crippen LogP contribution in [0.4, 0.5) is 11.6 Å². The third-order valence-electron chi connectivity index (χ3n) is 4.40. The van der Waals surface area contributed by atoms with Crippen molar-refractivity contribution in [3.05, 3.63) is 77.1 Å². The molecule has 0 saturated heterocycles. The van der Waals surface area contributed by atoms with Crippen molar-refractivity contribution in [3.63, 3.8) is 0 Å². The number of para-hydroxylation sites is 1. The summed E-state index contributed by atoms with van der Waals surface area (Å²) in [6, 6.07) is 13.6. The van der Waals surface area contributed by atoms with E-state index in [-0.39, 0.29) is 5.91 Å². The van der Waals surface area contributed by atoms with E-state index >= 15 is 0 Å². The Hall–Kier alpha value is -3.41. The van der Waals surface area contributed by atoms with Crippen LogP contribution in [0.1, 0.15) is 27.0 Å². The monoisotopic (exact) mass is 362 g/mol. The second kappa shape index (κ2) is 8.31. The molecule has 1 amide bonds. The van der Waals surface area contributed by atoms with Crippen LogP contribution >= 0.6 is 0 Å². The van der Waals surface area contributed by atoms with Crippen LogP contribution in [0, 0.1) is 13.8 Å². The van der Waals surface area contributed by atoms with E-state index in [1.807, 2.05) is 43.3 Å². The van der Waals surface area contributed by atoms with Crippen LogP contribution in [-0.2, 0) is 6.54 Å². The van der Waals surface area contributed by atoms with E-state index in [1.54, 1.807) is 7.11 Å². The first-order valence-electron chi connectivity index (χ1n) is 8.64. The molecular weight excluding hydrogens is 340 g/mol. The minimum Gasteiger partial charge on any atom is -0.496 e. The van der Waals surface area contributed by atoms with Crippen LogP contribution in [-0.4, -0.2) is 23.0 Å². The summed E-state index contributed by atoms with van der Waals surface area (Å²) in [7, 11) is 1.61. The van der Waals surface area contributed by atoms with Gasteiger partial charge in [0.05, 0.1) is 12.7 Å². The number of aryl methyl sites for hydroxylation is 1. The Morgan fingerprint density at radius 1 is 1.04 bits per heavy atom. The normalized spacial score (nSPS) is 10.3. The predicted octanol–water partition coefficient (Wildman–Crippen LogP) is 3.78. The number of nitrogens with zero attached hydrogens (tertiary/aromatic N) is 2. The third-order valence-corrected chi connectivity index (χ3v) is 4.40. The maximum atomic E-state index is 12.3. The smallest absolute Gasteiger partial charge is 0.254 e. The van der Waals surface area contributed by atoms with Gasteiger partial charge in [-0.15, -0.1) is 0 Å². The molecule has 2 N–H and O–H groups in total. The number of aromatic nitrogens is 2. The number of amides is 1. The molecule has 0 unspecified atom stereocenters. The summed E-state index contributed by atoms with van der Waals surface area (Å²) >= 11 is 0. The van der Waals surface area contributed by atoms with Crippen LogP contribution in [0.3, 0.4) is 0 Å². The first-order valence-corrected chi connectivity index (χ1v) is 8.64. The first kappa shape index (κ1) is 18.4. The topological polar surface area (TPSA) is 76.1 Å². The van der Waals surface area contributed by atoms with Crippen molar-refractivity contribution in [2.45, 2.75) is 20.4 Å². The molecule has 0 fully saturated rings. The van der Waals surface area contributed by atoms with E-state index in [4.69, 9.17) is 4.74 Å². The van der Waals surface area contributed by atoms with Gasteiger partial charge in [-0.05, 0) is 37.1 Å². The zero-order valence-corrected chi connectivity index (χ0v) is 15.6. The standard InChI is InChI=1S/C21H22N4O2/c1-14-7-6-9-18(15(14)2)25-21-23-12-17(13-24-21)20(26)22-11-16-8-4-5-10-19(16)27-3/h4-10,12-13H,11H2,1-3H3,(H,22,26)(H,23,24,25). The summed E-state index contributed by atoms with van der Waals surface area (Å²) in [5.41, 5.74) is 4.58. The molecule has 0 radical (unpaired) electrons. The van der Waals surface area contributed by atoms with Crippen molar-refractivity contribution >= 4 is 17.5 Å². The number of hydrogen-bond donors (Lipinski definition) is 2. The van der Waals surface area contributed by atoms with E-state index in [1.165, 1.54) is 18.0 Å². The predicted molar refractivity (Wildman–Crippen MR) is 105 cm³/mol. The summed E-state index contributed by atoms with van der Waals surface area (Å²) in [6.07, 6.45) is 3.02. The number of rotatable bonds is 6. The Balaban J connectivity index is 1.64. The summed E-state index contributed by atoms with van der Waals surface area (Å²) in [6.45, 7) is 4.46. The molecule has 1 aromatic heterocycles. The number of nitrogens with one attached hydrogen (secondary N) is 2. The number of carbonyl (C=O) groups is 1. The number of benzene rings is 2. The molecule has 3 aromatic rings. The Morgan fingerprint density at radius 3 is 2.52 bits per heavy atom. The van der Waals surface area contributed by atoms with Crippen LogP contribution in [0.25, 0.3) is 0 Å². The van der Waals surface area contributed by atoms with E-state index in [0.29, 0.717) is 18.1 Å². The van der Waals surface area contributed by atoms with Gasteiger partial charge >= 0.3 is 0 Å². The lowest BCUT2D eigenvalue weighted by atomic mass is 10.1. The Labute approximate surface area is 158 Å². The molecular formula is C21H22N4O2. The zero-order valence-electron chi connectivity index (χ0n) is 15.6. The molecule has 6 heteroatoms. The minimum absolute atomic E-state index is 0.237. The molecule has 0 aliphatic carbocycles. The lowest BCUT2D eigenvalue weighted by molar-refractivity contribution is 0.0950. The molecule has 0 bridgehead atoms. The second-order valence-electron chi connectivity index (χ2n) is 6.16. The van der Waals surface area contributed by atoms with E-state index < -0.39 is 0 Å². The quantitative estimate of drug-likeness (QED) is 0.698. The van der Waals surface area contributed by atoms with Crippen molar-refractivity contribution in [2.24, 2.45) is 0 Å². The number of carbonyl (C=O) groups excluding carboxylic acids is 1. The van der Waals surface area contributed by atoms with E-state index in [0.717, 1.165) is 22.6 Å². The summed E-state index contributed by atoms with van der Waals surface area (Å²) < 4.78 is 5.29. The maximum absolute atomic E-state index is 12.3. The van der Waals surface area contributed by atoms with Gasteiger partial charge < -0.3 is 15.4 Å². The van der Waals surface area contributed by atoms with Gasteiger partial charge in [-0.25, -0.2) is 9.97 Å². The zero-order chi connectivity index (χ0) is 19.2. The minimum atomic E-state index is -0.237. The lowest BCUT2D eigenvalue weighted by Crippen LogP contribution is -2.23. The molecule has 0 atom stereocenters. The lowest BCUT2D eigenvalue weighted by Gasteiger charge is -2.11. The molecule has 6 nitrogen and oxygen atoms in total. The fourth-order valence-electron chi connectivity index (χ4n) is 2.64. The fourth-order valence-corrected chi connectivity index (χ4v) is 2.64. The third kappa shape index (κ3) is 4.41. The van der Waals surface area contributed by atoms with Gasteiger partial charge in [-0.2, -0.15) is 0 Å². The van der Waals surface area contributed by atoms with Crippen LogP contribution in [0.15, 0.2) is 54.9 Å². The summed E-state index contributed by atoms with van der Waals surface area (Å²) in [5.74, 6) is 0.950. The Morgan fingerprint density at radius 2 is 1.78 bits per heavy atom. The molecule has 0 aliphatic heterocycles. The molecule has 3 rings (SSSR count). The van der Waals surface area contributed by atoms with Gasteiger partial charge in [-0.1, -0.05) is 30.3 Å². The molecule has 0 saturated carbocycles. The molecule has 0 aliphatic rings. The molecule has 27 heavy (non-hydrogen) atoms. The van der Waals surface area contributed by atoms with Gasteiger partial charge in [0.15, 0.2) is 0 Å². The maximum Gasteiger partial charge on any atom is 0.254 e. The van der Waals surface area contributed by atoms with Gasteiger partial charge in [-0.3, -0.25) is 4.79 Å². The molecule has 138 valence electrons. The number of anilines is 2. The number of hydrogen-bond acceptors (Lipinski definition) is 5. The highest BCUT2D eigenvalue weighted by molar-refractivity contribution is 5.93. The van der Waals surface area contributed by atoms with Crippen molar-refractivity contribution in [2.75, 3.05) is 12.4 Å². The fraction of sp³-hybridized carbons (Fsp3) is 0.190. The largest absolute Gasteiger partial charge is 0.496 e. The Kier molecular flexibility index (Phi) is 5.66. The average Bonchev–Trinajstić information content (AvgIpc) is 2.70. The number of methoxy groups -OCH3 is 1. The SMILES string of the molecule is COc1ccccc1CNC(=O)c1cnc(Nc2cccc(C)c2C)nc1. The van der Waals surface area contributed by atoms with Gasteiger partial charge in [0.1, 0.15) is 5.75 Å². The van der Waals surface area contributed by atoms with Crippen molar-refractivity contribution in [3.8, 4) is 5.75 Å². The highest BCUT2D eigenvalue weighted by Gasteiger charge is 2.09. The van der Waals surface area contributed by atoms with Crippen LogP contribution in [0.5, 0.6) is 5.75 Å². The Bertz CT molecular complexity index is 939. The second-order valence-corrected chi connectivity index (χ2v) is 6.16. The summed E-state index contributed by atoms with van der Waals surface area (Å²) in [4.78, 5) is 20.8. The van der Waals surface area contributed by atoms with Crippen molar-refractivity contribution in [1.82, 2.24) is 15.3 Å². The first-order chi connectivity index (χ1) is 13.1. The highest BCUT2D eigenvalue weighted by Crippen LogP contribution is 2.21. The van der Waals surface area contributed by atoms with Crippen molar-refractivity contribution in [1.29, 1.82) is 0 Å². The summed E-state index contributed by atoms with van der Waals surface area (Å²) in [5, 5.41) is 6.04.